The van der Waals surface area contributed by atoms with Crippen LogP contribution in [0.3, 0.4) is 0 Å². The molecule has 7 heteroatoms. The largest absolute Gasteiger partial charge is 0.478 e. The van der Waals surface area contributed by atoms with Crippen LogP contribution in [0, 0.1) is 3.57 Å². The zero-order chi connectivity index (χ0) is 15.6. The quantitative estimate of drug-likeness (QED) is 0.723. The summed E-state index contributed by atoms with van der Waals surface area (Å²) in [5.41, 5.74) is -0.377. The van der Waals surface area contributed by atoms with E-state index in [0.29, 0.717) is 3.57 Å². The van der Waals surface area contributed by atoms with Crippen LogP contribution in [0.4, 0.5) is 24.5 Å². The molecule has 0 atom stereocenters. The number of carboxylic acids is 1. The number of carbonyl (C=O) groups is 1. The van der Waals surface area contributed by atoms with Crippen molar-refractivity contribution in [2.45, 2.75) is 6.18 Å². The lowest BCUT2D eigenvalue weighted by atomic mass is 10.1. The number of rotatable bonds is 3. The molecule has 0 saturated carbocycles. The van der Waals surface area contributed by atoms with Crippen molar-refractivity contribution in [3.63, 3.8) is 0 Å². The SMILES string of the molecule is O=C(O)c1ccccc1Nc1cc(I)cc(C(F)(F)F)c1. The molecule has 3 nitrogen and oxygen atoms in total. The van der Waals surface area contributed by atoms with Gasteiger partial charge in [-0.3, -0.25) is 0 Å². The van der Waals surface area contributed by atoms with Gasteiger partial charge < -0.3 is 10.4 Å². The van der Waals surface area contributed by atoms with Gasteiger partial charge in [0, 0.05) is 9.26 Å². The fraction of sp³-hybridized carbons (Fsp3) is 0.0714. The molecule has 0 heterocycles. The predicted molar refractivity (Wildman–Crippen MR) is 80.8 cm³/mol. The molecule has 0 radical (unpaired) electrons. The molecule has 21 heavy (non-hydrogen) atoms. The van der Waals surface area contributed by atoms with E-state index in [1.54, 1.807) is 34.7 Å². The van der Waals surface area contributed by atoms with Gasteiger partial charge in [-0.05, 0) is 52.9 Å². The monoisotopic (exact) mass is 407 g/mol. The Morgan fingerprint density at radius 1 is 1.14 bits per heavy atom. The number of benzene rings is 2. The van der Waals surface area contributed by atoms with Crippen molar-refractivity contribution in [2.24, 2.45) is 0 Å². The van der Waals surface area contributed by atoms with Gasteiger partial charge in [-0.25, -0.2) is 4.79 Å². The minimum absolute atomic E-state index is 0.00933. The van der Waals surface area contributed by atoms with Gasteiger partial charge in [0.15, 0.2) is 0 Å². The molecule has 2 N–H and O–H groups in total. The van der Waals surface area contributed by atoms with Crippen molar-refractivity contribution in [1.29, 1.82) is 0 Å². The molecule has 110 valence electrons. The number of aromatic carboxylic acids is 1. The lowest BCUT2D eigenvalue weighted by Gasteiger charge is -2.13. The molecular formula is C14H9F3INO2. The molecule has 0 unspecified atom stereocenters. The molecule has 2 aromatic carbocycles. The van der Waals surface area contributed by atoms with Gasteiger partial charge in [0.1, 0.15) is 0 Å². The molecular weight excluding hydrogens is 398 g/mol. The van der Waals surface area contributed by atoms with Crippen LogP contribution in [-0.2, 0) is 6.18 Å². The lowest BCUT2D eigenvalue weighted by Crippen LogP contribution is -2.07. The van der Waals surface area contributed by atoms with E-state index in [1.165, 1.54) is 18.2 Å². The van der Waals surface area contributed by atoms with Crippen molar-refractivity contribution in [2.75, 3.05) is 5.32 Å². The van der Waals surface area contributed by atoms with Crippen LogP contribution in [0.5, 0.6) is 0 Å². The van der Waals surface area contributed by atoms with Crippen molar-refractivity contribution >= 4 is 39.9 Å². The van der Waals surface area contributed by atoms with Crippen molar-refractivity contribution in [3.05, 3.63) is 57.2 Å². The van der Waals surface area contributed by atoms with Crippen LogP contribution in [0.15, 0.2) is 42.5 Å². The van der Waals surface area contributed by atoms with Crippen molar-refractivity contribution in [1.82, 2.24) is 0 Å². The number of alkyl halides is 3. The summed E-state index contributed by atoms with van der Waals surface area (Å²) in [6.45, 7) is 0. The molecule has 0 bridgehead atoms. The van der Waals surface area contributed by atoms with E-state index in [0.717, 1.165) is 12.1 Å². The summed E-state index contributed by atoms with van der Waals surface area (Å²) in [5, 5.41) is 11.8. The molecule has 2 aromatic rings. The maximum absolute atomic E-state index is 12.8. The molecule has 0 fully saturated rings. The summed E-state index contributed by atoms with van der Waals surface area (Å²) < 4.78 is 38.7. The fourth-order valence-electron chi connectivity index (χ4n) is 1.76. The summed E-state index contributed by atoms with van der Waals surface area (Å²) in [6.07, 6.45) is -4.45. The van der Waals surface area contributed by atoms with Gasteiger partial charge in [-0.1, -0.05) is 12.1 Å². The fourth-order valence-corrected chi connectivity index (χ4v) is 2.43. The third-order valence-electron chi connectivity index (χ3n) is 2.66. The molecule has 0 aliphatic heterocycles. The zero-order valence-corrected chi connectivity index (χ0v) is 12.6. The van der Waals surface area contributed by atoms with Gasteiger partial charge in [-0.2, -0.15) is 13.2 Å². The molecule has 2 rings (SSSR count). The number of para-hydroxylation sites is 1. The van der Waals surface area contributed by atoms with Gasteiger partial charge >= 0.3 is 12.1 Å². The number of halogens is 4. The van der Waals surface area contributed by atoms with Gasteiger partial charge in [0.25, 0.3) is 0 Å². The average molecular weight is 407 g/mol. The standard InChI is InChI=1S/C14H9F3INO2/c15-14(16,17)8-5-9(18)7-10(6-8)19-12-4-2-1-3-11(12)13(20)21/h1-7,19H,(H,20,21). The van der Waals surface area contributed by atoms with Crippen LogP contribution < -0.4 is 5.32 Å². The predicted octanol–water partition coefficient (Wildman–Crippen LogP) is 4.75. The smallest absolute Gasteiger partial charge is 0.416 e. The number of nitrogens with one attached hydrogen (secondary N) is 1. The Hall–Kier alpha value is -1.77. The van der Waals surface area contributed by atoms with E-state index in [2.05, 4.69) is 5.32 Å². The normalized spacial score (nSPS) is 11.2. The highest BCUT2D eigenvalue weighted by Crippen LogP contribution is 2.33. The second-order valence-corrected chi connectivity index (χ2v) is 5.45. The Morgan fingerprint density at radius 2 is 1.81 bits per heavy atom. The van der Waals surface area contributed by atoms with Gasteiger partial charge in [0.05, 0.1) is 16.8 Å². The third kappa shape index (κ3) is 3.87. The first kappa shape index (κ1) is 15.6. The van der Waals surface area contributed by atoms with Crippen molar-refractivity contribution < 1.29 is 23.1 Å². The highest BCUT2D eigenvalue weighted by Gasteiger charge is 2.31. The van der Waals surface area contributed by atoms with E-state index in [9.17, 15) is 18.0 Å². The second kappa shape index (κ2) is 5.92. The first-order valence-electron chi connectivity index (χ1n) is 5.74. The van der Waals surface area contributed by atoms with E-state index >= 15 is 0 Å². The second-order valence-electron chi connectivity index (χ2n) is 4.20. The minimum atomic E-state index is -4.45. The molecule has 0 spiro atoms. The maximum Gasteiger partial charge on any atom is 0.416 e. The van der Waals surface area contributed by atoms with Crippen LogP contribution in [0.25, 0.3) is 0 Å². The Labute approximate surface area is 131 Å². The lowest BCUT2D eigenvalue weighted by molar-refractivity contribution is -0.137. The third-order valence-corrected chi connectivity index (χ3v) is 3.28. The summed E-state index contributed by atoms with van der Waals surface area (Å²) in [4.78, 5) is 11.1. The first-order valence-corrected chi connectivity index (χ1v) is 6.82. The molecule has 0 aliphatic carbocycles. The highest BCUT2D eigenvalue weighted by atomic mass is 127. The molecule has 0 amide bonds. The Morgan fingerprint density at radius 3 is 2.43 bits per heavy atom. The van der Waals surface area contributed by atoms with Gasteiger partial charge in [0.2, 0.25) is 0 Å². The van der Waals surface area contributed by atoms with E-state index < -0.39 is 17.7 Å². The van der Waals surface area contributed by atoms with Crippen LogP contribution in [0.2, 0.25) is 0 Å². The summed E-state index contributed by atoms with van der Waals surface area (Å²) in [6, 6.07) is 9.50. The van der Waals surface area contributed by atoms with Crippen LogP contribution in [-0.4, -0.2) is 11.1 Å². The van der Waals surface area contributed by atoms with E-state index in [-0.39, 0.29) is 16.9 Å². The number of carboxylic acid groups (broad SMARTS) is 1. The van der Waals surface area contributed by atoms with Crippen LogP contribution >= 0.6 is 22.6 Å². The average Bonchev–Trinajstić information content (AvgIpc) is 2.37. The number of hydrogen-bond acceptors (Lipinski definition) is 2. The Kier molecular flexibility index (Phi) is 4.40. The topological polar surface area (TPSA) is 49.3 Å². The number of hydrogen-bond donors (Lipinski definition) is 2. The molecule has 0 saturated heterocycles. The van der Waals surface area contributed by atoms with Gasteiger partial charge in [-0.15, -0.1) is 0 Å². The minimum Gasteiger partial charge on any atom is -0.478 e. The summed E-state index contributed by atoms with van der Waals surface area (Å²) in [7, 11) is 0. The Balaban J connectivity index is 2.41. The summed E-state index contributed by atoms with van der Waals surface area (Å²) in [5.74, 6) is -1.15. The maximum atomic E-state index is 12.8. The first-order chi connectivity index (χ1) is 9.77. The Bertz CT molecular complexity index is 686. The summed E-state index contributed by atoms with van der Waals surface area (Å²) >= 11 is 1.78. The van der Waals surface area contributed by atoms with Crippen molar-refractivity contribution in [3.8, 4) is 0 Å². The zero-order valence-electron chi connectivity index (χ0n) is 10.4. The van der Waals surface area contributed by atoms with E-state index in [4.69, 9.17) is 5.11 Å². The molecule has 0 aliphatic rings. The molecule has 0 aromatic heterocycles. The van der Waals surface area contributed by atoms with E-state index in [1.807, 2.05) is 0 Å². The number of anilines is 2. The van der Waals surface area contributed by atoms with Crippen LogP contribution in [0.1, 0.15) is 15.9 Å². The highest BCUT2D eigenvalue weighted by molar-refractivity contribution is 14.1.